The van der Waals surface area contributed by atoms with Gasteiger partial charge in [-0.2, -0.15) is 0 Å². The summed E-state index contributed by atoms with van der Waals surface area (Å²) in [6, 6.07) is 13.2. The lowest BCUT2D eigenvalue weighted by atomic mass is 9.98. The van der Waals surface area contributed by atoms with E-state index in [2.05, 4.69) is 61.5 Å². The molecule has 3 aromatic rings. The summed E-state index contributed by atoms with van der Waals surface area (Å²) in [5.74, 6) is 0.894. The lowest BCUT2D eigenvalue weighted by Crippen LogP contribution is -2.36. The average Bonchev–Trinajstić information content (AvgIpc) is 2.92. The Morgan fingerprint density at radius 3 is 2.76 bits per heavy atom. The van der Waals surface area contributed by atoms with Crippen molar-refractivity contribution in [3.8, 4) is 16.9 Å². The third kappa shape index (κ3) is 3.91. The summed E-state index contributed by atoms with van der Waals surface area (Å²) in [6.45, 7) is 5.76. The fraction of sp³-hybridized carbons (Fsp3) is 0.333. The molecular formula is C27H29N5O2. The van der Waals surface area contributed by atoms with E-state index in [1.165, 1.54) is 11.1 Å². The minimum absolute atomic E-state index is 0.561. The van der Waals surface area contributed by atoms with Gasteiger partial charge in [0.05, 0.1) is 43.6 Å². The molecule has 7 nitrogen and oxygen atoms in total. The number of hydrogen-bond acceptors (Lipinski definition) is 7. The molecular weight excluding hydrogens is 426 g/mol. The molecule has 0 atom stereocenters. The van der Waals surface area contributed by atoms with Crippen LogP contribution in [0.3, 0.4) is 0 Å². The van der Waals surface area contributed by atoms with Crippen LogP contribution in [0, 0.1) is 0 Å². The van der Waals surface area contributed by atoms with E-state index in [0.717, 1.165) is 85.3 Å². The third-order valence-corrected chi connectivity index (χ3v) is 6.89. The van der Waals surface area contributed by atoms with E-state index in [1.807, 2.05) is 18.6 Å². The van der Waals surface area contributed by atoms with Crippen LogP contribution in [0.1, 0.15) is 16.7 Å². The molecule has 0 saturated carbocycles. The number of aromatic nitrogens is 1. The predicted octanol–water partition coefficient (Wildman–Crippen LogP) is 3.77. The minimum atomic E-state index is 0.561. The molecule has 174 valence electrons. The molecule has 6 rings (SSSR count). The van der Waals surface area contributed by atoms with Crippen LogP contribution in [0.2, 0.25) is 0 Å². The van der Waals surface area contributed by atoms with Crippen LogP contribution in [-0.4, -0.2) is 57.8 Å². The number of fused-ring (bicyclic) bond motifs is 2. The summed E-state index contributed by atoms with van der Waals surface area (Å²) >= 11 is 0. The maximum atomic E-state index is 5.84. The average molecular weight is 456 g/mol. The highest BCUT2D eigenvalue weighted by Gasteiger charge is 2.23. The van der Waals surface area contributed by atoms with Gasteiger partial charge < -0.3 is 24.6 Å². The van der Waals surface area contributed by atoms with Crippen molar-refractivity contribution < 1.29 is 9.47 Å². The Balaban J connectivity index is 1.39. The second kappa shape index (κ2) is 9.08. The molecule has 34 heavy (non-hydrogen) atoms. The number of pyridine rings is 1. The Morgan fingerprint density at radius 1 is 0.971 bits per heavy atom. The highest BCUT2D eigenvalue weighted by molar-refractivity contribution is 5.94. The molecule has 3 aliphatic rings. The van der Waals surface area contributed by atoms with E-state index < -0.39 is 0 Å². The zero-order chi connectivity index (χ0) is 22.9. The zero-order valence-electron chi connectivity index (χ0n) is 19.5. The van der Waals surface area contributed by atoms with E-state index in [9.17, 15) is 0 Å². The van der Waals surface area contributed by atoms with Gasteiger partial charge in [-0.1, -0.05) is 12.1 Å². The molecule has 0 amide bonds. The van der Waals surface area contributed by atoms with E-state index in [1.54, 1.807) is 7.11 Å². The van der Waals surface area contributed by atoms with Crippen molar-refractivity contribution in [1.29, 1.82) is 0 Å². The van der Waals surface area contributed by atoms with Crippen molar-refractivity contribution in [2.75, 3.05) is 56.4 Å². The fourth-order valence-electron chi connectivity index (χ4n) is 5.02. The number of hydrogen-bond donors (Lipinski definition) is 1. The molecule has 1 fully saturated rings. The van der Waals surface area contributed by atoms with Gasteiger partial charge in [-0.05, 0) is 53.9 Å². The highest BCUT2D eigenvalue weighted by Crippen LogP contribution is 2.40. The van der Waals surface area contributed by atoms with Crippen molar-refractivity contribution in [1.82, 2.24) is 10.3 Å². The fourth-order valence-corrected chi connectivity index (χ4v) is 5.02. The van der Waals surface area contributed by atoms with Gasteiger partial charge in [0, 0.05) is 43.2 Å². The third-order valence-electron chi connectivity index (χ3n) is 6.89. The molecule has 0 unspecified atom stereocenters. The summed E-state index contributed by atoms with van der Waals surface area (Å²) in [5, 5.41) is 3.48. The quantitative estimate of drug-likeness (QED) is 0.646. The van der Waals surface area contributed by atoms with Crippen molar-refractivity contribution in [3.05, 3.63) is 65.5 Å². The van der Waals surface area contributed by atoms with Gasteiger partial charge in [-0.3, -0.25) is 9.98 Å². The van der Waals surface area contributed by atoms with E-state index in [-0.39, 0.29) is 0 Å². The lowest BCUT2D eigenvalue weighted by molar-refractivity contribution is 0.122. The van der Waals surface area contributed by atoms with Crippen LogP contribution in [0.25, 0.3) is 11.1 Å². The lowest BCUT2D eigenvalue weighted by Gasteiger charge is -2.31. The van der Waals surface area contributed by atoms with Gasteiger partial charge >= 0.3 is 0 Å². The maximum absolute atomic E-state index is 5.84. The Morgan fingerprint density at radius 2 is 1.88 bits per heavy atom. The number of nitrogens with one attached hydrogen (secondary N) is 1. The number of benzene rings is 2. The number of anilines is 3. The summed E-state index contributed by atoms with van der Waals surface area (Å²) in [5.41, 5.74) is 9.37. The Kier molecular flexibility index (Phi) is 5.65. The first-order valence-electron chi connectivity index (χ1n) is 11.9. The summed E-state index contributed by atoms with van der Waals surface area (Å²) in [6.07, 6.45) is 6.87. The Labute approximate surface area is 200 Å². The standard InChI is InChI=1S/C27H29N5O2/c1-33-27-13-20-4-5-28-15-23(20)12-26(27)32-18-30-14-21-3-2-19(11-25(21)32)22-10-24(17-29-16-22)31-6-8-34-9-7-31/h2-3,10-14,16-17,28H,4-9,15,18H2,1H3. The molecule has 1 saturated heterocycles. The van der Waals surface area contributed by atoms with Gasteiger partial charge in [0.15, 0.2) is 0 Å². The first-order valence-corrected chi connectivity index (χ1v) is 11.9. The maximum Gasteiger partial charge on any atom is 0.142 e. The molecule has 0 aliphatic carbocycles. The molecule has 1 N–H and O–H groups in total. The topological polar surface area (TPSA) is 62.2 Å². The second-order valence-electron chi connectivity index (χ2n) is 8.91. The normalized spacial score (nSPS) is 17.3. The Bertz CT molecular complexity index is 1240. The molecule has 2 aromatic carbocycles. The van der Waals surface area contributed by atoms with Crippen LogP contribution in [-0.2, 0) is 17.7 Å². The molecule has 0 spiro atoms. The van der Waals surface area contributed by atoms with Crippen LogP contribution in [0.5, 0.6) is 5.75 Å². The largest absolute Gasteiger partial charge is 0.495 e. The molecule has 3 aliphatic heterocycles. The smallest absolute Gasteiger partial charge is 0.142 e. The SMILES string of the molecule is COc1cc2c(cc1N1CN=Cc3ccc(-c4cncc(N5CCOCC5)c4)cc31)CNCC2. The van der Waals surface area contributed by atoms with Crippen LogP contribution in [0.15, 0.2) is 53.8 Å². The summed E-state index contributed by atoms with van der Waals surface area (Å²) in [4.78, 5) is 13.8. The van der Waals surface area contributed by atoms with Gasteiger partial charge in [-0.25, -0.2) is 0 Å². The van der Waals surface area contributed by atoms with Crippen molar-refractivity contribution in [2.24, 2.45) is 4.99 Å². The van der Waals surface area contributed by atoms with E-state index >= 15 is 0 Å². The van der Waals surface area contributed by atoms with Gasteiger partial charge in [0.2, 0.25) is 0 Å². The van der Waals surface area contributed by atoms with Crippen molar-refractivity contribution in [3.63, 3.8) is 0 Å². The first-order chi connectivity index (χ1) is 16.8. The van der Waals surface area contributed by atoms with E-state index in [0.29, 0.717) is 6.67 Å². The number of rotatable bonds is 4. The molecule has 4 heterocycles. The van der Waals surface area contributed by atoms with Gasteiger partial charge in [0.1, 0.15) is 12.4 Å². The number of ether oxygens (including phenoxy) is 2. The molecule has 7 heteroatoms. The van der Waals surface area contributed by atoms with Crippen LogP contribution < -0.4 is 19.9 Å². The number of morpholine rings is 1. The van der Waals surface area contributed by atoms with Gasteiger partial charge in [0.25, 0.3) is 0 Å². The second-order valence-corrected chi connectivity index (χ2v) is 8.91. The molecule has 0 radical (unpaired) electrons. The summed E-state index contributed by atoms with van der Waals surface area (Å²) < 4.78 is 11.3. The van der Waals surface area contributed by atoms with E-state index in [4.69, 9.17) is 9.47 Å². The van der Waals surface area contributed by atoms with Crippen LogP contribution >= 0.6 is 0 Å². The van der Waals surface area contributed by atoms with Crippen molar-refractivity contribution >= 4 is 23.3 Å². The minimum Gasteiger partial charge on any atom is -0.495 e. The zero-order valence-corrected chi connectivity index (χ0v) is 19.5. The molecule has 0 bridgehead atoms. The molecule has 1 aromatic heterocycles. The number of aliphatic imine (C=N–C) groups is 1. The highest BCUT2D eigenvalue weighted by atomic mass is 16.5. The monoisotopic (exact) mass is 455 g/mol. The Hall–Kier alpha value is -3.42. The number of methoxy groups -OCH3 is 1. The number of nitrogens with zero attached hydrogens (tertiary/aromatic N) is 4. The van der Waals surface area contributed by atoms with Crippen LogP contribution in [0.4, 0.5) is 17.1 Å². The van der Waals surface area contributed by atoms with Crippen molar-refractivity contribution in [2.45, 2.75) is 13.0 Å². The predicted molar refractivity (Wildman–Crippen MR) is 136 cm³/mol. The first kappa shape index (κ1) is 21.1. The van der Waals surface area contributed by atoms with Gasteiger partial charge in [-0.15, -0.1) is 0 Å². The summed E-state index contributed by atoms with van der Waals surface area (Å²) in [7, 11) is 1.75.